The van der Waals surface area contributed by atoms with Crippen LogP contribution in [0.2, 0.25) is 0 Å². The van der Waals surface area contributed by atoms with Gasteiger partial charge < -0.3 is 14.8 Å². The monoisotopic (exact) mass is 403 g/mol. The highest BCUT2D eigenvalue weighted by molar-refractivity contribution is 7.80. The summed E-state index contributed by atoms with van der Waals surface area (Å²) in [5, 5.41) is 16.3. The zero-order chi connectivity index (χ0) is 20.5. The van der Waals surface area contributed by atoms with Gasteiger partial charge in [-0.25, -0.2) is 0 Å². The van der Waals surface area contributed by atoms with E-state index in [0.717, 1.165) is 12.8 Å². The van der Waals surface area contributed by atoms with E-state index in [9.17, 15) is 14.9 Å². The number of thiocarbonyl (C=S) groups is 1. The van der Waals surface area contributed by atoms with Crippen molar-refractivity contribution in [3.05, 3.63) is 58.1 Å². The van der Waals surface area contributed by atoms with Crippen LogP contribution in [0.5, 0.6) is 11.5 Å². The lowest BCUT2D eigenvalue weighted by molar-refractivity contribution is -0.384. The predicted octanol–water partition coefficient (Wildman–Crippen LogP) is 3.91. The summed E-state index contributed by atoms with van der Waals surface area (Å²) in [4.78, 5) is 22.7. The fourth-order valence-electron chi connectivity index (χ4n) is 2.29. The van der Waals surface area contributed by atoms with Crippen LogP contribution in [-0.4, -0.2) is 29.7 Å². The number of nitro benzene ring substituents is 1. The largest absolute Gasteiger partial charge is 0.494 e. The van der Waals surface area contributed by atoms with Gasteiger partial charge in [0.05, 0.1) is 30.4 Å². The molecule has 9 heteroatoms. The third-order valence-electron chi connectivity index (χ3n) is 3.73. The van der Waals surface area contributed by atoms with Crippen molar-refractivity contribution in [3.8, 4) is 11.5 Å². The van der Waals surface area contributed by atoms with E-state index in [0.29, 0.717) is 23.6 Å². The number of amides is 1. The maximum Gasteiger partial charge on any atom is 0.273 e. The van der Waals surface area contributed by atoms with Crippen LogP contribution in [0.1, 0.15) is 30.1 Å². The van der Waals surface area contributed by atoms with E-state index in [-0.39, 0.29) is 16.5 Å². The van der Waals surface area contributed by atoms with Gasteiger partial charge in [-0.2, -0.15) is 0 Å². The fraction of sp³-hybridized carbons (Fsp3) is 0.263. The minimum Gasteiger partial charge on any atom is -0.494 e. The second-order valence-electron chi connectivity index (χ2n) is 5.78. The lowest BCUT2D eigenvalue weighted by Gasteiger charge is -2.13. The van der Waals surface area contributed by atoms with Gasteiger partial charge in [-0.05, 0) is 42.9 Å². The first-order valence-electron chi connectivity index (χ1n) is 8.62. The van der Waals surface area contributed by atoms with Gasteiger partial charge in [0.2, 0.25) is 0 Å². The van der Waals surface area contributed by atoms with E-state index >= 15 is 0 Å². The van der Waals surface area contributed by atoms with Crippen LogP contribution in [0.4, 0.5) is 11.4 Å². The molecule has 0 aliphatic rings. The van der Waals surface area contributed by atoms with Crippen molar-refractivity contribution in [3.63, 3.8) is 0 Å². The average molecular weight is 403 g/mol. The Balaban J connectivity index is 2.02. The number of rotatable bonds is 8. The Labute approximate surface area is 168 Å². The minimum atomic E-state index is -0.526. The number of carbonyl (C=O) groups is 1. The van der Waals surface area contributed by atoms with Crippen LogP contribution in [-0.2, 0) is 0 Å². The molecule has 148 valence electrons. The van der Waals surface area contributed by atoms with Gasteiger partial charge in [0, 0.05) is 11.6 Å². The summed E-state index contributed by atoms with van der Waals surface area (Å²) in [6.07, 6.45) is 1.95. The molecule has 0 atom stereocenters. The minimum absolute atomic E-state index is 0.0365. The average Bonchev–Trinajstić information content (AvgIpc) is 2.68. The van der Waals surface area contributed by atoms with Crippen molar-refractivity contribution >= 4 is 34.6 Å². The molecule has 28 heavy (non-hydrogen) atoms. The number of anilines is 1. The highest BCUT2D eigenvalue weighted by atomic mass is 32.1. The number of non-ortho nitro benzene ring substituents is 1. The molecule has 2 N–H and O–H groups in total. The van der Waals surface area contributed by atoms with Crippen molar-refractivity contribution in [2.24, 2.45) is 0 Å². The molecule has 0 radical (unpaired) electrons. The van der Waals surface area contributed by atoms with E-state index in [1.54, 1.807) is 24.3 Å². The van der Waals surface area contributed by atoms with Crippen LogP contribution in [0.15, 0.2) is 42.5 Å². The van der Waals surface area contributed by atoms with Gasteiger partial charge in [0.1, 0.15) is 11.5 Å². The predicted molar refractivity (Wildman–Crippen MR) is 110 cm³/mol. The first-order chi connectivity index (χ1) is 13.4. The Morgan fingerprint density at radius 1 is 1.25 bits per heavy atom. The van der Waals surface area contributed by atoms with Gasteiger partial charge in [0.15, 0.2) is 5.11 Å². The molecular formula is C19H21N3O5S. The van der Waals surface area contributed by atoms with Crippen LogP contribution >= 0.6 is 12.2 Å². The normalized spacial score (nSPS) is 10.1. The number of unbranched alkanes of at least 4 members (excludes halogenated alkanes) is 1. The molecule has 0 heterocycles. The standard InChI is InChI=1S/C19H21N3O5S/c1-3-4-10-27-15-7-5-6-13(11-15)18(23)21-19(28)20-16-9-8-14(22(24)25)12-17(16)26-2/h5-9,11-12H,3-4,10H2,1-2H3,(H2,20,21,23,28). The molecule has 0 aliphatic carbocycles. The first kappa shape index (κ1) is 21.1. The highest BCUT2D eigenvalue weighted by Gasteiger charge is 2.14. The summed E-state index contributed by atoms with van der Waals surface area (Å²) < 4.78 is 10.7. The number of hydrogen-bond donors (Lipinski definition) is 2. The number of nitrogens with zero attached hydrogens (tertiary/aromatic N) is 1. The van der Waals surface area contributed by atoms with Crippen molar-refractivity contribution in [2.45, 2.75) is 19.8 Å². The maximum atomic E-state index is 12.4. The summed E-state index contributed by atoms with van der Waals surface area (Å²) in [5.74, 6) is 0.438. The van der Waals surface area contributed by atoms with E-state index in [1.807, 2.05) is 0 Å². The lowest BCUT2D eigenvalue weighted by Crippen LogP contribution is -2.34. The Kier molecular flexibility index (Phi) is 7.70. The molecule has 0 saturated heterocycles. The van der Waals surface area contributed by atoms with E-state index in [2.05, 4.69) is 17.6 Å². The molecule has 0 aromatic heterocycles. The molecule has 0 aliphatic heterocycles. The van der Waals surface area contributed by atoms with Gasteiger partial charge in [-0.1, -0.05) is 19.4 Å². The van der Waals surface area contributed by atoms with Gasteiger partial charge in [-0.3, -0.25) is 20.2 Å². The molecule has 0 saturated carbocycles. The number of hydrogen-bond acceptors (Lipinski definition) is 6. The molecule has 2 aromatic carbocycles. The Morgan fingerprint density at radius 3 is 2.71 bits per heavy atom. The Bertz CT molecular complexity index is 872. The van der Waals surface area contributed by atoms with E-state index in [4.69, 9.17) is 21.7 Å². The first-order valence-corrected chi connectivity index (χ1v) is 9.03. The van der Waals surface area contributed by atoms with Crippen molar-refractivity contribution in [1.29, 1.82) is 0 Å². The number of nitro groups is 1. The number of ether oxygens (including phenoxy) is 2. The summed E-state index contributed by atoms with van der Waals surface area (Å²) >= 11 is 5.16. The molecule has 0 bridgehead atoms. The SMILES string of the molecule is CCCCOc1cccc(C(=O)NC(=S)Nc2ccc([N+](=O)[O-])cc2OC)c1. The number of carbonyl (C=O) groups excluding carboxylic acids is 1. The number of benzene rings is 2. The summed E-state index contributed by atoms with van der Waals surface area (Å²) in [7, 11) is 1.38. The summed E-state index contributed by atoms with van der Waals surface area (Å²) in [6, 6.07) is 10.8. The second-order valence-corrected chi connectivity index (χ2v) is 6.19. The second kappa shape index (κ2) is 10.2. The quantitative estimate of drug-likeness (QED) is 0.298. The van der Waals surface area contributed by atoms with Crippen LogP contribution in [0.3, 0.4) is 0 Å². The Morgan fingerprint density at radius 2 is 2.04 bits per heavy atom. The third-order valence-corrected chi connectivity index (χ3v) is 3.94. The molecule has 8 nitrogen and oxygen atoms in total. The molecule has 0 fully saturated rings. The number of nitrogens with one attached hydrogen (secondary N) is 2. The topological polar surface area (TPSA) is 103 Å². The summed E-state index contributed by atoms with van der Waals surface area (Å²) in [6.45, 7) is 2.66. The molecular weight excluding hydrogens is 382 g/mol. The maximum absolute atomic E-state index is 12.4. The molecule has 0 spiro atoms. The van der Waals surface area contributed by atoms with Gasteiger partial charge in [0.25, 0.3) is 11.6 Å². The van der Waals surface area contributed by atoms with Crippen LogP contribution in [0.25, 0.3) is 0 Å². The lowest BCUT2D eigenvalue weighted by atomic mass is 10.2. The fourth-order valence-corrected chi connectivity index (χ4v) is 2.49. The van der Waals surface area contributed by atoms with Crippen molar-refractivity contribution in [2.75, 3.05) is 19.0 Å². The zero-order valence-electron chi connectivity index (χ0n) is 15.6. The molecule has 2 aromatic rings. The molecule has 0 unspecified atom stereocenters. The Hall–Kier alpha value is -3.20. The van der Waals surface area contributed by atoms with Gasteiger partial charge >= 0.3 is 0 Å². The van der Waals surface area contributed by atoms with E-state index < -0.39 is 10.8 Å². The van der Waals surface area contributed by atoms with Crippen molar-refractivity contribution < 1.29 is 19.2 Å². The van der Waals surface area contributed by atoms with Crippen LogP contribution in [0, 0.1) is 10.1 Å². The molecule has 1 amide bonds. The third kappa shape index (κ3) is 5.92. The smallest absolute Gasteiger partial charge is 0.273 e. The highest BCUT2D eigenvalue weighted by Crippen LogP contribution is 2.28. The van der Waals surface area contributed by atoms with E-state index in [1.165, 1.54) is 25.3 Å². The summed E-state index contributed by atoms with van der Waals surface area (Å²) in [5.41, 5.74) is 0.682. The van der Waals surface area contributed by atoms with Crippen LogP contribution < -0.4 is 20.1 Å². The number of methoxy groups -OCH3 is 1. The van der Waals surface area contributed by atoms with Crippen molar-refractivity contribution in [1.82, 2.24) is 5.32 Å². The zero-order valence-corrected chi connectivity index (χ0v) is 16.4. The molecule has 2 rings (SSSR count). The van der Waals surface area contributed by atoms with Gasteiger partial charge in [-0.15, -0.1) is 0 Å².